The number of nitrogens with one attached hydrogen (secondary N) is 1. The summed E-state index contributed by atoms with van der Waals surface area (Å²) in [5, 5.41) is 5.57. The highest BCUT2D eigenvalue weighted by Crippen LogP contribution is 2.55. The number of carbonyl (C=O) groups excluding carboxylic acids is 1. The molecule has 2 saturated heterocycles. The Balaban J connectivity index is 1.16. The van der Waals surface area contributed by atoms with Crippen molar-refractivity contribution in [2.45, 2.75) is 37.9 Å². The minimum absolute atomic E-state index is 0.0137. The maximum absolute atomic E-state index is 14.5. The van der Waals surface area contributed by atoms with Gasteiger partial charge in [-0.05, 0) is 48.6 Å². The van der Waals surface area contributed by atoms with E-state index in [4.69, 9.17) is 16.3 Å². The van der Waals surface area contributed by atoms with Crippen LogP contribution in [0.25, 0.3) is 10.8 Å². The summed E-state index contributed by atoms with van der Waals surface area (Å²) in [5.74, 6) is 0.864. The number of fused-ring (bicyclic) bond motifs is 1. The molecule has 1 aliphatic carbocycles. The number of rotatable bonds is 6. The van der Waals surface area contributed by atoms with E-state index in [1.807, 2.05) is 37.3 Å². The Bertz CT molecular complexity index is 1340. The highest BCUT2D eigenvalue weighted by Gasteiger charge is 2.55. The monoisotopic (exact) mass is 537 g/mol. The van der Waals surface area contributed by atoms with Crippen molar-refractivity contribution in [3.63, 3.8) is 0 Å². The van der Waals surface area contributed by atoms with Gasteiger partial charge in [0.15, 0.2) is 0 Å². The first-order chi connectivity index (χ1) is 18.4. The lowest BCUT2D eigenvalue weighted by Crippen LogP contribution is -2.59. The quantitative estimate of drug-likeness (QED) is 0.482. The lowest BCUT2D eigenvalue weighted by atomic mass is 9.96. The van der Waals surface area contributed by atoms with Crippen molar-refractivity contribution in [1.29, 1.82) is 0 Å². The van der Waals surface area contributed by atoms with Crippen LogP contribution in [-0.2, 0) is 9.53 Å². The van der Waals surface area contributed by atoms with E-state index >= 15 is 0 Å². The Morgan fingerprint density at radius 3 is 2.68 bits per heavy atom. The molecule has 3 fully saturated rings. The van der Waals surface area contributed by atoms with Gasteiger partial charge in [0.1, 0.15) is 12.0 Å². The molecule has 9 heteroatoms. The van der Waals surface area contributed by atoms with Crippen LogP contribution in [0.5, 0.6) is 0 Å². The minimum atomic E-state index is -0.970. The van der Waals surface area contributed by atoms with Crippen molar-refractivity contribution in [3.05, 3.63) is 59.5 Å². The molecule has 0 unspecified atom stereocenters. The fourth-order valence-corrected chi connectivity index (χ4v) is 6.57. The van der Waals surface area contributed by atoms with Crippen LogP contribution in [0.4, 0.5) is 15.9 Å². The number of nitrogens with zero attached hydrogens (tertiary/aromatic N) is 4. The van der Waals surface area contributed by atoms with Gasteiger partial charge in [0.05, 0.1) is 35.4 Å². The van der Waals surface area contributed by atoms with Crippen LogP contribution < -0.4 is 10.2 Å². The molecule has 7 nitrogen and oxygen atoms in total. The summed E-state index contributed by atoms with van der Waals surface area (Å²) in [4.78, 5) is 26.6. The number of amides is 1. The normalized spacial score (nSPS) is 29.5. The van der Waals surface area contributed by atoms with Gasteiger partial charge in [-0.15, -0.1) is 0 Å². The second-order valence-electron chi connectivity index (χ2n) is 10.9. The van der Waals surface area contributed by atoms with Crippen LogP contribution in [0.15, 0.2) is 48.8 Å². The van der Waals surface area contributed by atoms with E-state index in [0.717, 1.165) is 54.8 Å². The SMILES string of the molecule is CC[C@H]1[C@@H](C(=O)Nc2cc3cc(N4CCN([C@@]5(C)COC[C@H]5F)CC4)c(Cl)cc3cn2)[C@@H]1c1ccccn1. The third-order valence-electron chi connectivity index (χ3n) is 8.69. The standard InChI is InChI=1S/C29H33ClFN5O2/c1-3-20-26(22-6-4-5-7-32-22)27(20)28(37)34-25-14-18-13-23(21(30)12-19(18)15-33-25)35-8-10-36(11-9-35)29(2)17-38-16-24(29)31/h4-7,12-15,20,24,26-27H,3,8-11,16-17H2,1-2H3,(H,33,34,37)/t20-,24-,26+,27-,29+/m1/s1. The number of anilines is 2. The summed E-state index contributed by atoms with van der Waals surface area (Å²) in [5.41, 5.74) is 1.35. The highest BCUT2D eigenvalue weighted by molar-refractivity contribution is 6.34. The Morgan fingerprint density at radius 1 is 1.18 bits per heavy atom. The predicted octanol–water partition coefficient (Wildman–Crippen LogP) is 4.91. The number of ether oxygens (including phenoxy) is 1. The van der Waals surface area contributed by atoms with Crippen LogP contribution in [0.2, 0.25) is 5.02 Å². The maximum atomic E-state index is 14.5. The predicted molar refractivity (Wildman–Crippen MR) is 148 cm³/mol. The molecule has 2 aromatic heterocycles. The molecule has 0 radical (unpaired) electrons. The number of benzene rings is 1. The van der Waals surface area contributed by atoms with Gasteiger partial charge in [0.25, 0.3) is 0 Å². The number of halogens is 2. The Morgan fingerprint density at radius 2 is 2.00 bits per heavy atom. The van der Waals surface area contributed by atoms with Crippen molar-refractivity contribution >= 4 is 39.8 Å². The summed E-state index contributed by atoms with van der Waals surface area (Å²) in [6, 6.07) is 11.8. The number of alkyl halides is 1. The molecule has 1 N–H and O–H groups in total. The third kappa shape index (κ3) is 4.52. The first kappa shape index (κ1) is 25.5. The first-order valence-electron chi connectivity index (χ1n) is 13.4. The van der Waals surface area contributed by atoms with Gasteiger partial charge in [-0.3, -0.25) is 14.7 Å². The van der Waals surface area contributed by atoms with Crippen molar-refractivity contribution in [3.8, 4) is 0 Å². The van der Waals surface area contributed by atoms with Crippen LogP contribution >= 0.6 is 11.6 Å². The summed E-state index contributed by atoms with van der Waals surface area (Å²) in [6.07, 6.45) is 3.49. The summed E-state index contributed by atoms with van der Waals surface area (Å²) < 4.78 is 19.9. The fraction of sp³-hybridized carbons (Fsp3) is 0.483. The van der Waals surface area contributed by atoms with Gasteiger partial charge in [-0.2, -0.15) is 0 Å². The lowest BCUT2D eigenvalue weighted by molar-refractivity contribution is -0.117. The average Bonchev–Trinajstić information content (AvgIpc) is 3.58. The van der Waals surface area contributed by atoms with Crippen molar-refractivity contribution in [2.75, 3.05) is 49.6 Å². The van der Waals surface area contributed by atoms with Crippen LogP contribution in [0.1, 0.15) is 31.9 Å². The summed E-state index contributed by atoms with van der Waals surface area (Å²) in [7, 11) is 0. The number of hydrogen-bond acceptors (Lipinski definition) is 6. The molecular weight excluding hydrogens is 505 g/mol. The fourth-order valence-electron chi connectivity index (χ4n) is 6.28. The van der Waals surface area contributed by atoms with E-state index in [9.17, 15) is 9.18 Å². The zero-order chi connectivity index (χ0) is 26.4. The van der Waals surface area contributed by atoms with E-state index in [0.29, 0.717) is 23.4 Å². The first-order valence-corrected chi connectivity index (χ1v) is 13.8. The van der Waals surface area contributed by atoms with Crippen LogP contribution in [0, 0.1) is 11.8 Å². The molecule has 0 spiro atoms. The molecule has 3 aromatic rings. The van der Waals surface area contributed by atoms with Crippen molar-refractivity contribution in [1.82, 2.24) is 14.9 Å². The smallest absolute Gasteiger partial charge is 0.229 e. The zero-order valence-corrected chi connectivity index (χ0v) is 22.5. The number of pyridine rings is 2. The number of carbonyl (C=O) groups is 1. The summed E-state index contributed by atoms with van der Waals surface area (Å²) >= 11 is 6.69. The molecule has 1 amide bonds. The van der Waals surface area contributed by atoms with Crippen LogP contribution in [-0.4, -0.2) is 71.9 Å². The van der Waals surface area contributed by atoms with Gasteiger partial charge in [0, 0.05) is 55.6 Å². The number of aromatic nitrogens is 2. The molecule has 0 bridgehead atoms. The topological polar surface area (TPSA) is 70.6 Å². The molecule has 6 rings (SSSR count). The minimum Gasteiger partial charge on any atom is -0.376 e. The van der Waals surface area contributed by atoms with Gasteiger partial charge in [0.2, 0.25) is 5.91 Å². The maximum Gasteiger partial charge on any atom is 0.229 e. The van der Waals surface area contributed by atoms with Gasteiger partial charge in [-0.25, -0.2) is 9.37 Å². The van der Waals surface area contributed by atoms with Gasteiger partial charge in [-0.1, -0.05) is 31.0 Å². The molecule has 5 atom stereocenters. The van der Waals surface area contributed by atoms with Crippen molar-refractivity contribution < 1.29 is 13.9 Å². The van der Waals surface area contributed by atoms with Gasteiger partial charge >= 0.3 is 0 Å². The zero-order valence-electron chi connectivity index (χ0n) is 21.7. The molecule has 2 aliphatic heterocycles. The number of hydrogen-bond donors (Lipinski definition) is 1. The van der Waals surface area contributed by atoms with E-state index in [1.54, 1.807) is 12.4 Å². The Labute approximate surface area is 227 Å². The molecule has 3 aliphatic rings. The Hall–Kier alpha value is -2.81. The highest BCUT2D eigenvalue weighted by atomic mass is 35.5. The number of piperazine rings is 1. The van der Waals surface area contributed by atoms with Crippen molar-refractivity contribution in [2.24, 2.45) is 11.8 Å². The van der Waals surface area contributed by atoms with E-state index in [-0.39, 0.29) is 24.3 Å². The second kappa shape index (κ2) is 10.1. The molecule has 38 heavy (non-hydrogen) atoms. The second-order valence-corrected chi connectivity index (χ2v) is 11.3. The van der Waals surface area contributed by atoms with Gasteiger partial charge < -0.3 is 15.0 Å². The molecule has 1 aromatic carbocycles. The van der Waals surface area contributed by atoms with E-state index in [1.165, 1.54) is 0 Å². The van der Waals surface area contributed by atoms with Crippen LogP contribution in [0.3, 0.4) is 0 Å². The molecular formula is C29H33ClFN5O2. The van der Waals surface area contributed by atoms with E-state index < -0.39 is 11.7 Å². The Kier molecular flexibility index (Phi) is 6.74. The molecule has 200 valence electrons. The van der Waals surface area contributed by atoms with E-state index in [2.05, 4.69) is 38.1 Å². The average molecular weight is 538 g/mol. The lowest BCUT2D eigenvalue weighted by Gasteiger charge is -2.44. The summed E-state index contributed by atoms with van der Waals surface area (Å²) in [6.45, 7) is 7.64. The molecule has 4 heterocycles. The third-order valence-corrected chi connectivity index (χ3v) is 8.99. The largest absolute Gasteiger partial charge is 0.376 e. The molecule has 1 saturated carbocycles.